The fourth-order valence-corrected chi connectivity index (χ4v) is 3.44. The highest BCUT2D eigenvalue weighted by atomic mass is 15.1. The normalized spacial score (nSPS) is 31.2. The monoisotopic (exact) mass is 238 g/mol. The van der Waals surface area contributed by atoms with Gasteiger partial charge in [-0.2, -0.15) is 0 Å². The topological polar surface area (TPSA) is 15.3 Å². The van der Waals surface area contributed by atoms with Gasteiger partial charge in [0.05, 0.1) is 0 Å². The van der Waals surface area contributed by atoms with E-state index in [1.165, 1.54) is 64.5 Å². The van der Waals surface area contributed by atoms with E-state index in [2.05, 4.69) is 24.2 Å². The molecular weight excluding hydrogens is 208 g/mol. The molecule has 2 saturated carbocycles. The molecule has 2 aliphatic carbocycles. The first kappa shape index (κ1) is 13.4. The highest BCUT2D eigenvalue weighted by molar-refractivity contribution is 4.78. The minimum absolute atomic E-state index is 0.828. The molecule has 0 saturated heterocycles. The number of likely N-dealkylation sites (N-methyl/N-ethyl adjacent to an activating group) is 1. The fraction of sp³-hybridized carbons (Fsp3) is 1.00. The van der Waals surface area contributed by atoms with Gasteiger partial charge >= 0.3 is 0 Å². The van der Waals surface area contributed by atoms with Gasteiger partial charge in [0, 0.05) is 25.2 Å². The van der Waals surface area contributed by atoms with Crippen LogP contribution in [0.1, 0.15) is 58.3 Å². The Morgan fingerprint density at radius 3 is 2.29 bits per heavy atom. The Bertz CT molecular complexity index is 203. The van der Waals surface area contributed by atoms with Crippen LogP contribution < -0.4 is 5.32 Å². The number of rotatable bonds is 5. The Labute approximate surface area is 107 Å². The lowest BCUT2D eigenvalue weighted by atomic mass is 9.87. The van der Waals surface area contributed by atoms with Crippen molar-refractivity contribution in [3.05, 3.63) is 0 Å². The molecule has 0 atom stereocenters. The maximum absolute atomic E-state index is 3.72. The molecule has 0 bridgehead atoms. The number of nitrogens with one attached hydrogen (secondary N) is 1. The molecule has 0 unspecified atom stereocenters. The van der Waals surface area contributed by atoms with E-state index < -0.39 is 0 Å². The van der Waals surface area contributed by atoms with Gasteiger partial charge in [0.15, 0.2) is 0 Å². The molecule has 0 heterocycles. The molecule has 0 aromatic carbocycles. The Morgan fingerprint density at radius 2 is 1.65 bits per heavy atom. The predicted octanol–water partition coefficient (Wildman–Crippen LogP) is 3.03. The molecule has 2 nitrogen and oxygen atoms in total. The summed E-state index contributed by atoms with van der Waals surface area (Å²) in [6.07, 6.45) is 11.4. The molecule has 2 fully saturated rings. The highest BCUT2D eigenvalue weighted by Crippen LogP contribution is 2.26. The SMILES string of the molecule is CC1CCC(N(C)CCNC2CCCC2)CC1. The number of hydrogen-bond acceptors (Lipinski definition) is 2. The number of hydrogen-bond donors (Lipinski definition) is 1. The average Bonchev–Trinajstić information content (AvgIpc) is 2.83. The van der Waals surface area contributed by atoms with E-state index in [0.717, 1.165) is 18.0 Å². The number of nitrogens with zero attached hydrogens (tertiary/aromatic N) is 1. The zero-order chi connectivity index (χ0) is 12.1. The quantitative estimate of drug-likeness (QED) is 0.792. The largest absolute Gasteiger partial charge is 0.313 e. The van der Waals surface area contributed by atoms with Gasteiger partial charge in [-0.1, -0.05) is 19.8 Å². The summed E-state index contributed by atoms with van der Waals surface area (Å²) in [4.78, 5) is 2.59. The van der Waals surface area contributed by atoms with Crippen LogP contribution in [0.15, 0.2) is 0 Å². The lowest BCUT2D eigenvalue weighted by Gasteiger charge is -2.33. The lowest BCUT2D eigenvalue weighted by molar-refractivity contribution is 0.169. The lowest BCUT2D eigenvalue weighted by Crippen LogP contribution is -2.40. The first-order chi connectivity index (χ1) is 8.25. The van der Waals surface area contributed by atoms with Gasteiger partial charge in [-0.25, -0.2) is 0 Å². The third-order valence-electron chi connectivity index (χ3n) is 4.86. The van der Waals surface area contributed by atoms with Crippen LogP contribution in [-0.2, 0) is 0 Å². The van der Waals surface area contributed by atoms with Crippen molar-refractivity contribution in [2.75, 3.05) is 20.1 Å². The fourth-order valence-electron chi connectivity index (χ4n) is 3.44. The third-order valence-corrected chi connectivity index (χ3v) is 4.86. The van der Waals surface area contributed by atoms with E-state index in [1.54, 1.807) is 0 Å². The first-order valence-corrected chi connectivity index (χ1v) is 7.69. The van der Waals surface area contributed by atoms with Crippen LogP contribution in [0.2, 0.25) is 0 Å². The van der Waals surface area contributed by atoms with Crippen LogP contribution in [0.4, 0.5) is 0 Å². The van der Waals surface area contributed by atoms with Crippen molar-refractivity contribution >= 4 is 0 Å². The molecule has 0 aromatic heterocycles. The molecule has 17 heavy (non-hydrogen) atoms. The van der Waals surface area contributed by atoms with Crippen molar-refractivity contribution in [3.63, 3.8) is 0 Å². The molecule has 2 rings (SSSR count). The van der Waals surface area contributed by atoms with Gasteiger partial charge in [-0.15, -0.1) is 0 Å². The highest BCUT2D eigenvalue weighted by Gasteiger charge is 2.21. The zero-order valence-electron chi connectivity index (χ0n) is 11.8. The summed E-state index contributed by atoms with van der Waals surface area (Å²) in [7, 11) is 2.32. The second kappa shape index (κ2) is 6.75. The van der Waals surface area contributed by atoms with E-state index in [4.69, 9.17) is 0 Å². The molecule has 0 aliphatic heterocycles. The van der Waals surface area contributed by atoms with Gasteiger partial charge in [0.25, 0.3) is 0 Å². The van der Waals surface area contributed by atoms with Crippen LogP contribution in [0.5, 0.6) is 0 Å². The van der Waals surface area contributed by atoms with Gasteiger partial charge in [0.2, 0.25) is 0 Å². The summed E-state index contributed by atoms with van der Waals surface area (Å²) in [5, 5.41) is 3.72. The maximum atomic E-state index is 3.72. The van der Waals surface area contributed by atoms with Gasteiger partial charge in [0.1, 0.15) is 0 Å². The Morgan fingerprint density at radius 1 is 1.00 bits per heavy atom. The van der Waals surface area contributed by atoms with Crippen molar-refractivity contribution in [3.8, 4) is 0 Å². The smallest absolute Gasteiger partial charge is 0.0107 e. The summed E-state index contributed by atoms with van der Waals surface area (Å²) in [5.74, 6) is 0.969. The van der Waals surface area contributed by atoms with Crippen LogP contribution in [0, 0.1) is 5.92 Å². The van der Waals surface area contributed by atoms with E-state index in [9.17, 15) is 0 Å². The predicted molar refractivity (Wildman–Crippen MR) is 74.3 cm³/mol. The third kappa shape index (κ3) is 4.26. The summed E-state index contributed by atoms with van der Waals surface area (Å²) < 4.78 is 0. The summed E-state index contributed by atoms with van der Waals surface area (Å²) in [6.45, 7) is 4.82. The van der Waals surface area contributed by atoms with Gasteiger partial charge in [-0.05, 0) is 51.5 Å². The minimum atomic E-state index is 0.828. The Kier molecular flexibility index (Phi) is 5.30. The summed E-state index contributed by atoms with van der Waals surface area (Å²) >= 11 is 0. The van der Waals surface area contributed by atoms with Crippen molar-refractivity contribution in [2.45, 2.75) is 70.4 Å². The van der Waals surface area contributed by atoms with Crippen molar-refractivity contribution < 1.29 is 0 Å². The maximum Gasteiger partial charge on any atom is 0.0107 e. The molecule has 1 N–H and O–H groups in total. The van der Waals surface area contributed by atoms with E-state index in [1.807, 2.05) is 0 Å². The molecule has 2 heteroatoms. The molecule has 2 aliphatic rings. The van der Waals surface area contributed by atoms with Gasteiger partial charge in [-0.3, -0.25) is 0 Å². The molecule has 0 spiro atoms. The molecule has 0 aromatic rings. The molecule has 0 radical (unpaired) electrons. The van der Waals surface area contributed by atoms with Crippen LogP contribution in [0.25, 0.3) is 0 Å². The Hall–Kier alpha value is -0.0800. The first-order valence-electron chi connectivity index (χ1n) is 7.69. The van der Waals surface area contributed by atoms with Crippen LogP contribution >= 0.6 is 0 Å². The molecular formula is C15H30N2. The van der Waals surface area contributed by atoms with Crippen LogP contribution in [-0.4, -0.2) is 37.1 Å². The second-order valence-electron chi connectivity index (χ2n) is 6.33. The van der Waals surface area contributed by atoms with Crippen molar-refractivity contribution in [1.82, 2.24) is 10.2 Å². The summed E-state index contributed by atoms with van der Waals surface area (Å²) in [5.41, 5.74) is 0. The van der Waals surface area contributed by atoms with Gasteiger partial charge < -0.3 is 10.2 Å². The summed E-state index contributed by atoms with van der Waals surface area (Å²) in [6, 6.07) is 1.69. The minimum Gasteiger partial charge on any atom is -0.313 e. The van der Waals surface area contributed by atoms with E-state index in [-0.39, 0.29) is 0 Å². The average molecular weight is 238 g/mol. The van der Waals surface area contributed by atoms with E-state index >= 15 is 0 Å². The Balaban J connectivity index is 1.58. The van der Waals surface area contributed by atoms with Crippen molar-refractivity contribution in [2.24, 2.45) is 5.92 Å². The van der Waals surface area contributed by atoms with Crippen LogP contribution in [0.3, 0.4) is 0 Å². The zero-order valence-corrected chi connectivity index (χ0v) is 11.8. The van der Waals surface area contributed by atoms with E-state index in [0.29, 0.717) is 0 Å². The second-order valence-corrected chi connectivity index (χ2v) is 6.33. The standard InChI is InChI=1S/C15H30N2/c1-13-7-9-15(10-8-13)17(2)12-11-16-14-5-3-4-6-14/h13-16H,3-12H2,1-2H3. The van der Waals surface area contributed by atoms with Crippen molar-refractivity contribution in [1.29, 1.82) is 0 Å². The molecule has 0 amide bonds. The molecule has 100 valence electrons.